The zero-order valence-corrected chi connectivity index (χ0v) is 12.0. The molecule has 0 fully saturated rings. The SMILES string of the molecule is c1ccc(CCONCCc2c[nH]c3ccccc23)cc1. The van der Waals surface area contributed by atoms with E-state index in [0.717, 1.165) is 19.4 Å². The van der Waals surface area contributed by atoms with E-state index in [4.69, 9.17) is 4.84 Å². The summed E-state index contributed by atoms with van der Waals surface area (Å²) in [5, 5.41) is 1.29. The van der Waals surface area contributed by atoms with Crippen molar-refractivity contribution in [3.05, 3.63) is 71.9 Å². The fourth-order valence-electron chi connectivity index (χ4n) is 2.48. The van der Waals surface area contributed by atoms with Crippen molar-refractivity contribution in [3.8, 4) is 0 Å². The number of hydroxylamine groups is 1. The van der Waals surface area contributed by atoms with E-state index in [9.17, 15) is 0 Å². The van der Waals surface area contributed by atoms with Crippen LogP contribution in [0.5, 0.6) is 0 Å². The van der Waals surface area contributed by atoms with E-state index in [1.165, 1.54) is 22.0 Å². The smallest absolute Gasteiger partial charge is 0.0722 e. The molecule has 3 heteroatoms. The molecule has 3 nitrogen and oxygen atoms in total. The lowest BCUT2D eigenvalue weighted by atomic mass is 10.1. The monoisotopic (exact) mass is 280 g/mol. The summed E-state index contributed by atoms with van der Waals surface area (Å²) in [6.45, 7) is 1.51. The zero-order valence-electron chi connectivity index (χ0n) is 12.0. The van der Waals surface area contributed by atoms with Crippen LogP contribution >= 0.6 is 0 Å². The number of hydrogen-bond donors (Lipinski definition) is 2. The van der Waals surface area contributed by atoms with Gasteiger partial charge in [-0.15, -0.1) is 0 Å². The third-order valence-electron chi connectivity index (χ3n) is 3.61. The normalized spacial score (nSPS) is 11.0. The van der Waals surface area contributed by atoms with Crippen molar-refractivity contribution in [1.82, 2.24) is 10.5 Å². The summed E-state index contributed by atoms with van der Waals surface area (Å²) < 4.78 is 0. The molecule has 2 aromatic carbocycles. The maximum Gasteiger partial charge on any atom is 0.0722 e. The lowest BCUT2D eigenvalue weighted by Crippen LogP contribution is -2.19. The van der Waals surface area contributed by atoms with Gasteiger partial charge in [0, 0.05) is 23.6 Å². The molecule has 3 aromatic rings. The summed E-state index contributed by atoms with van der Waals surface area (Å²) in [6.07, 6.45) is 3.96. The van der Waals surface area contributed by atoms with Crippen molar-refractivity contribution in [1.29, 1.82) is 0 Å². The molecule has 2 N–H and O–H groups in total. The summed E-state index contributed by atoms with van der Waals surface area (Å²) in [7, 11) is 0. The molecule has 0 unspecified atom stereocenters. The molecular formula is C18H20N2O. The highest BCUT2D eigenvalue weighted by atomic mass is 16.6. The average molecular weight is 280 g/mol. The molecule has 3 rings (SSSR count). The summed E-state index contributed by atoms with van der Waals surface area (Å²) >= 11 is 0. The topological polar surface area (TPSA) is 37.0 Å². The summed E-state index contributed by atoms with van der Waals surface area (Å²) in [5.74, 6) is 0. The van der Waals surface area contributed by atoms with E-state index >= 15 is 0 Å². The van der Waals surface area contributed by atoms with Crippen molar-refractivity contribution in [3.63, 3.8) is 0 Å². The second-order valence-corrected chi connectivity index (χ2v) is 5.09. The minimum absolute atomic E-state index is 0.692. The van der Waals surface area contributed by atoms with E-state index in [1.807, 2.05) is 12.1 Å². The van der Waals surface area contributed by atoms with Crippen LogP contribution in [0, 0.1) is 0 Å². The molecule has 21 heavy (non-hydrogen) atoms. The van der Waals surface area contributed by atoms with Gasteiger partial charge in [0.15, 0.2) is 0 Å². The van der Waals surface area contributed by atoms with Crippen LogP contribution in [-0.4, -0.2) is 18.1 Å². The Labute approximate surface area is 124 Å². The Morgan fingerprint density at radius 3 is 2.62 bits per heavy atom. The summed E-state index contributed by atoms with van der Waals surface area (Å²) in [6, 6.07) is 18.8. The van der Waals surface area contributed by atoms with Crippen LogP contribution in [-0.2, 0) is 17.7 Å². The molecule has 0 saturated heterocycles. The lowest BCUT2D eigenvalue weighted by molar-refractivity contribution is 0.0442. The first-order chi connectivity index (χ1) is 10.4. The number of rotatable bonds is 7. The van der Waals surface area contributed by atoms with Gasteiger partial charge in [-0.2, -0.15) is 0 Å². The first-order valence-corrected chi connectivity index (χ1v) is 7.37. The predicted molar refractivity (Wildman–Crippen MR) is 86.1 cm³/mol. The van der Waals surface area contributed by atoms with Gasteiger partial charge < -0.3 is 9.82 Å². The molecule has 0 aliphatic rings. The third-order valence-corrected chi connectivity index (χ3v) is 3.61. The molecule has 0 atom stereocenters. The molecule has 1 aromatic heterocycles. The van der Waals surface area contributed by atoms with Crippen molar-refractivity contribution in [2.24, 2.45) is 0 Å². The van der Waals surface area contributed by atoms with E-state index in [2.05, 4.69) is 59.1 Å². The second kappa shape index (κ2) is 7.07. The molecule has 0 bridgehead atoms. The predicted octanol–water partition coefficient (Wildman–Crippen LogP) is 3.47. The highest BCUT2D eigenvalue weighted by Crippen LogP contribution is 2.17. The van der Waals surface area contributed by atoms with Crippen LogP contribution in [0.25, 0.3) is 10.9 Å². The Hall–Kier alpha value is -2.10. The molecule has 0 amide bonds. The highest BCUT2D eigenvalue weighted by Gasteiger charge is 2.02. The fraction of sp³-hybridized carbons (Fsp3) is 0.222. The number of hydrogen-bond acceptors (Lipinski definition) is 2. The third kappa shape index (κ3) is 3.72. The Kier molecular flexibility index (Phi) is 4.66. The molecule has 0 aliphatic carbocycles. The van der Waals surface area contributed by atoms with Crippen LogP contribution in [0.4, 0.5) is 0 Å². The van der Waals surface area contributed by atoms with Crippen LogP contribution in [0.15, 0.2) is 60.8 Å². The maximum absolute atomic E-state index is 5.49. The zero-order chi connectivity index (χ0) is 14.3. The molecule has 0 saturated carbocycles. The van der Waals surface area contributed by atoms with Crippen LogP contribution in [0.1, 0.15) is 11.1 Å². The number of aromatic nitrogens is 1. The molecule has 108 valence electrons. The van der Waals surface area contributed by atoms with Gasteiger partial charge in [-0.3, -0.25) is 0 Å². The van der Waals surface area contributed by atoms with Gasteiger partial charge in [-0.25, -0.2) is 5.48 Å². The minimum Gasteiger partial charge on any atom is -0.361 e. The first-order valence-electron chi connectivity index (χ1n) is 7.37. The Morgan fingerprint density at radius 1 is 0.905 bits per heavy atom. The fourth-order valence-corrected chi connectivity index (χ4v) is 2.48. The van der Waals surface area contributed by atoms with Crippen LogP contribution in [0.3, 0.4) is 0 Å². The van der Waals surface area contributed by atoms with Crippen LogP contribution in [0.2, 0.25) is 0 Å². The quantitative estimate of drug-likeness (QED) is 0.513. The van der Waals surface area contributed by atoms with Gasteiger partial charge >= 0.3 is 0 Å². The van der Waals surface area contributed by atoms with Crippen LogP contribution < -0.4 is 5.48 Å². The summed E-state index contributed by atoms with van der Waals surface area (Å²) in [5.41, 5.74) is 6.86. The van der Waals surface area contributed by atoms with E-state index in [0.29, 0.717) is 6.61 Å². The first kappa shape index (κ1) is 13.9. The number of para-hydroxylation sites is 1. The van der Waals surface area contributed by atoms with Gasteiger partial charge in [0.25, 0.3) is 0 Å². The Morgan fingerprint density at radius 2 is 1.71 bits per heavy atom. The maximum atomic E-state index is 5.49. The minimum atomic E-state index is 0.692. The summed E-state index contributed by atoms with van der Waals surface area (Å²) in [4.78, 5) is 8.78. The number of benzene rings is 2. The van der Waals surface area contributed by atoms with E-state index < -0.39 is 0 Å². The highest BCUT2D eigenvalue weighted by molar-refractivity contribution is 5.83. The molecule has 0 aliphatic heterocycles. The number of fused-ring (bicyclic) bond motifs is 1. The molecule has 0 radical (unpaired) electrons. The second-order valence-electron chi connectivity index (χ2n) is 5.09. The van der Waals surface area contributed by atoms with Crippen molar-refractivity contribution in [2.75, 3.05) is 13.2 Å². The average Bonchev–Trinajstić information content (AvgIpc) is 2.95. The van der Waals surface area contributed by atoms with Gasteiger partial charge in [0.05, 0.1) is 6.61 Å². The van der Waals surface area contributed by atoms with E-state index in [1.54, 1.807) is 0 Å². The van der Waals surface area contributed by atoms with Crippen molar-refractivity contribution in [2.45, 2.75) is 12.8 Å². The van der Waals surface area contributed by atoms with Gasteiger partial charge in [-0.1, -0.05) is 48.5 Å². The Bertz CT molecular complexity index is 676. The molecular weight excluding hydrogens is 260 g/mol. The van der Waals surface area contributed by atoms with Gasteiger partial charge in [0.1, 0.15) is 0 Å². The van der Waals surface area contributed by atoms with Crippen molar-refractivity contribution >= 4 is 10.9 Å². The lowest BCUT2D eigenvalue weighted by Gasteiger charge is -2.05. The van der Waals surface area contributed by atoms with E-state index in [-0.39, 0.29) is 0 Å². The Balaban J connectivity index is 1.39. The van der Waals surface area contributed by atoms with Gasteiger partial charge in [0.2, 0.25) is 0 Å². The number of nitrogens with one attached hydrogen (secondary N) is 2. The number of aromatic amines is 1. The largest absolute Gasteiger partial charge is 0.361 e. The molecule has 0 spiro atoms. The van der Waals surface area contributed by atoms with Gasteiger partial charge in [-0.05, 0) is 30.0 Å². The standard InChI is InChI=1S/C18H20N2O/c1-2-6-15(7-3-1)11-13-21-20-12-10-16-14-19-18-9-5-4-8-17(16)18/h1-9,14,19-20H,10-13H2. The molecule has 1 heterocycles. The van der Waals surface area contributed by atoms with Crippen molar-refractivity contribution < 1.29 is 4.84 Å². The number of H-pyrrole nitrogens is 1.